The average molecular weight is 246 g/mol. The van der Waals surface area contributed by atoms with E-state index in [1.807, 2.05) is 45.2 Å². The van der Waals surface area contributed by atoms with Crippen LogP contribution in [0.15, 0.2) is 30.5 Å². The van der Waals surface area contributed by atoms with Crippen LogP contribution in [-0.4, -0.2) is 21.1 Å². The zero-order valence-corrected chi connectivity index (χ0v) is 10.9. The van der Waals surface area contributed by atoms with Crippen LogP contribution in [0.2, 0.25) is 0 Å². The molecule has 0 unspecified atom stereocenters. The summed E-state index contributed by atoms with van der Waals surface area (Å²) in [4.78, 5) is 0. The second-order valence-electron chi connectivity index (χ2n) is 4.39. The van der Waals surface area contributed by atoms with Gasteiger partial charge in [0.15, 0.2) is 0 Å². The highest BCUT2D eigenvalue weighted by atomic mass is 16.5. The maximum absolute atomic E-state index is 5.59. The predicted octanol–water partition coefficient (Wildman–Crippen LogP) is 2.21. The molecular formula is C13H18N4O. The van der Waals surface area contributed by atoms with Gasteiger partial charge >= 0.3 is 0 Å². The molecule has 0 saturated heterocycles. The maximum atomic E-state index is 5.59. The molecule has 18 heavy (non-hydrogen) atoms. The van der Waals surface area contributed by atoms with Gasteiger partial charge in [-0.25, -0.2) is 0 Å². The molecule has 2 aromatic rings. The number of ether oxygens (including phenoxy) is 1. The molecule has 0 aliphatic carbocycles. The number of aromatic nitrogens is 3. The van der Waals surface area contributed by atoms with Crippen molar-refractivity contribution in [1.82, 2.24) is 15.0 Å². The molecule has 1 aromatic carbocycles. The van der Waals surface area contributed by atoms with Crippen molar-refractivity contribution in [3.05, 3.63) is 36.2 Å². The first kappa shape index (κ1) is 12.4. The van der Waals surface area contributed by atoms with Crippen LogP contribution >= 0.6 is 0 Å². The van der Waals surface area contributed by atoms with E-state index in [1.54, 1.807) is 10.9 Å². The highest BCUT2D eigenvalue weighted by Crippen LogP contribution is 2.17. The Morgan fingerprint density at radius 3 is 2.56 bits per heavy atom. The lowest BCUT2D eigenvalue weighted by molar-refractivity contribution is 0.242. The van der Waals surface area contributed by atoms with Gasteiger partial charge in [0.2, 0.25) is 0 Å². The van der Waals surface area contributed by atoms with E-state index in [2.05, 4.69) is 15.6 Å². The summed E-state index contributed by atoms with van der Waals surface area (Å²) < 4.78 is 7.34. The number of rotatable bonds is 5. The number of nitrogens with zero attached hydrogens (tertiary/aromatic N) is 3. The monoisotopic (exact) mass is 246 g/mol. The second kappa shape index (κ2) is 5.53. The van der Waals surface area contributed by atoms with E-state index in [0.29, 0.717) is 6.54 Å². The van der Waals surface area contributed by atoms with Crippen LogP contribution in [0, 0.1) is 0 Å². The molecule has 5 nitrogen and oxygen atoms in total. The van der Waals surface area contributed by atoms with Crippen LogP contribution in [0.5, 0.6) is 5.75 Å². The Hall–Kier alpha value is -2.04. The molecule has 0 bridgehead atoms. The second-order valence-corrected chi connectivity index (χ2v) is 4.39. The molecule has 2 rings (SSSR count). The number of hydrogen-bond acceptors (Lipinski definition) is 4. The summed E-state index contributed by atoms with van der Waals surface area (Å²) >= 11 is 0. The summed E-state index contributed by atoms with van der Waals surface area (Å²) in [5.74, 6) is 0.887. The Balaban J connectivity index is 1.92. The van der Waals surface area contributed by atoms with Gasteiger partial charge in [-0.1, -0.05) is 5.21 Å². The zero-order valence-electron chi connectivity index (χ0n) is 10.9. The van der Waals surface area contributed by atoms with Crippen molar-refractivity contribution in [2.24, 2.45) is 7.05 Å². The number of aryl methyl sites for hydroxylation is 1. The minimum atomic E-state index is 0.198. The fourth-order valence-corrected chi connectivity index (χ4v) is 1.59. The van der Waals surface area contributed by atoms with Crippen LogP contribution in [0.25, 0.3) is 0 Å². The summed E-state index contributed by atoms with van der Waals surface area (Å²) in [6.45, 7) is 4.73. The lowest BCUT2D eigenvalue weighted by Gasteiger charge is -2.11. The molecule has 5 heteroatoms. The molecular weight excluding hydrogens is 228 g/mol. The normalized spacial score (nSPS) is 10.7. The van der Waals surface area contributed by atoms with Crippen molar-refractivity contribution in [3.63, 3.8) is 0 Å². The molecule has 0 saturated carbocycles. The molecule has 0 atom stereocenters. The van der Waals surface area contributed by atoms with Crippen molar-refractivity contribution in [2.45, 2.75) is 26.5 Å². The fourth-order valence-electron chi connectivity index (χ4n) is 1.59. The maximum Gasteiger partial charge on any atom is 0.119 e. The smallest absolute Gasteiger partial charge is 0.119 e. The molecule has 0 aliphatic rings. The zero-order chi connectivity index (χ0) is 13.0. The van der Waals surface area contributed by atoms with Crippen molar-refractivity contribution in [1.29, 1.82) is 0 Å². The van der Waals surface area contributed by atoms with Gasteiger partial charge in [-0.15, -0.1) is 5.10 Å². The molecule has 0 spiro atoms. The highest BCUT2D eigenvalue weighted by Gasteiger charge is 2.00. The summed E-state index contributed by atoms with van der Waals surface area (Å²) in [5.41, 5.74) is 2.09. The first-order valence-electron chi connectivity index (χ1n) is 5.99. The van der Waals surface area contributed by atoms with E-state index >= 15 is 0 Å². The number of nitrogens with one attached hydrogen (secondary N) is 1. The molecule has 1 heterocycles. The summed E-state index contributed by atoms with van der Waals surface area (Å²) in [7, 11) is 1.88. The van der Waals surface area contributed by atoms with E-state index in [-0.39, 0.29) is 6.10 Å². The van der Waals surface area contributed by atoms with E-state index in [1.165, 1.54) is 0 Å². The Morgan fingerprint density at radius 2 is 2.00 bits per heavy atom. The van der Waals surface area contributed by atoms with Crippen molar-refractivity contribution < 1.29 is 4.74 Å². The van der Waals surface area contributed by atoms with Crippen LogP contribution in [0.4, 0.5) is 5.69 Å². The molecule has 1 N–H and O–H groups in total. The van der Waals surface area contributed by atoms with E-state index < -0.39 is 0 Å². The molecule has 1 aromatic heterocycles. The van der Waals surface area contributed by atoms with Gasteiger partial charge < -0.3 is 10.1 Å². The fraction of sp³-hybridized carbons (Fsp3) is 0.385. The molecule has 0 radical (unpaired) electrons. The van der Waals surface area contributed by atoms with E-state index in [0.717, 1.165) is 17.1 Å². The lowest BCUT2D eigenvalue weighted by atomic mass is 10.3. The topological polar surface area (TPSA) is 52.0 Å². The van der Waals surface area contributed by atoms with E-state index in [4.69, 9.17) is 4.74 Å². The quantitative estimate of drug-likeness (QED) is 0.878. The SMILES string of the molecule is CC(C)Oc1ccc(NCc2cnnn2C)cc1. The van der Waals surface area contributed by atoms with E-state index in [9.17, 15) is 0 Å². The van der Waals surface area contributed by atoms with Crippen LogP contribution in [-0.2, 0) is 13.6 Å². The minimum Gasteiger partial charge on any atom is -0.491 e. The third-order valence-corrected chi connectivity index (χ3v) is 2.51. The van der Waals surface area contributed by atoms with Crippen molar-refractivity contribution in [2.75, 3.05) is 5.32 Å². The van der Waals surface area contributed by atoms with Gasteiger partial charge in [-0.3, -0.25) is 4.68 Å². The third-order valence-electron chi connectivity index (χ3n) is 2.51. The average Bonchev–Trinajstić information content (AvgIpc) is 2.73. The van der Waals surface area contributed by atoms with Gasteiger partial charge in [0, 0.05) is 12.7 Å². The first-order valence-corrected chi connectivity index (χ1v) is 5.99. The van der Waals surface area contributed by atoms with Gasteiger partial charge in [0.1, 0.15) is 5.75 Å². The van der Waals surface area contributed by atoms with Crippen LogP contribution < -0.4 is 10.1 Å². The number of benzene rings is 1. The molecule has 0 aliphatic heterocycles. The van der Waals surface area contributed by atoms with Crippen molar-refractivity contribution in [3.8, 4) is 5.75 Å². The van der Waals surface area contributed by atoms with Crippen LogP contribution in [0.1, 0.15) is 19.5 Å². The Morgan fingerprint density at radius 1 is 1.28 bits per heavy atom. The summed E-state index contributed by atoms with van der Waals surface area (Å²) in [5, 5.41) is 11.0. The molecule has 0 amide bonds. The number of anilines is 1. The highest BCUT2D eigenvalue weighted by molar-refractivity contribution is 5.46. The van der Waals surface area contributed by atoms with Gasteiger partial charge in [-0.05, 0) is 38.1 Å². The molecule has 0 fully saturated rings. The largest absolute Gasteiger partial charge is 0.491 e. The lowest BCUT2D eigenvalue weighted by Crippen LogP contribution is -2.06. The van der Waals surface area contributed by atoms with Crippen molar-refractivity contribution >= 4 is 5.69 Å². The molecule has 96 valence electrons. The predicted molar refractivity (Wildman–Crippen MR) is 70.5 cm³/mol. The van der Waals surface area contributed by atoms with Crippen LogP contribution in [0.3, 0.4) is 0 Å². The Labute approximate surface area is 107 Å². The first-order chi connectivity index (χ1) is 8.65. The minimum absolute atomic E-state index is 0.198. The van der Waals surface area contributed by atoms with Gasteiger partial charge in [-0.2, -0.15) is 0 Å². The Bertz CT molecular complexity index is 490. The standard InChI is InChI=1S/C13H18N4O/c1-10(2)18-13-6-4-11(5-7-13)14-8-12-9-15-16-17(12)3/h4-7,9-10,14H,8H2,1-3H3. The number of hydrogen-bond donors (Lipinski definition) is 1. The van der Waals surface area contributed by atoms with Gasteiger partial charge in [0.05, 0.1) is 24.5 Å². The summed E-state index contributed by atoms with van der Waals surface area (Å²) in [6.07, 6.45) is 1.95. The van der Waals surface area contributed by atoms with Gasteiger partial charge in [0.25, 0.3) is 0 Å². The summed E-state index contributed by atoms with van der Waals surface area (Å²) in [6, 6.07) is 7.93. The Kier molecular flexibility index (Phi) is 3.82. The third kappa shape index (κ3) is 3.23.